The Balaban J connectivity index is 1.93. The van der Waals surface area contributed by atoms with Crippen LogP contribution in [0.2, 0.25) is 0 Å². The van der Waals surface area contributed by atoms with Gasteiger partial charge in [0.25, 0.3) is 0 Å². The highest BCUT2D eigenvalue weighted by molar-refractivity contribution is 7.89. The number of rotatable bonds is 3. The van der Waals surface area contributed by atoms with Crippen LogP contribution in [-0.2, 0) is 16.2 Å². The van der Waals surface area contributed by atoms with E-state index in [-0.39, 0.29) is 17.3 Å². The number of halogens is 3. The number of nitrogens with zero attached hydrogens (tertiary/aromatic N) is 2. The monoisotopic (exact) mass is 365 g/mol. The van der Waals surface area contributed by atoms with Gasteiger partial charge < -0.3 is 4.90 Å². The van der Waals surface area contributed by atoms with Crippen molar-refractivity contribution in [3.63, 3.8) is 0 Å². The van der Waals surface area contributed by atoms with Gasteiger partial charge in [-0.1, -0.05) is 11.3 Å². The lowest BCUT2D eigenvalue weighted by atomic mass is 10.2. The van der Waals surface area contributed by atoms with Crippen LogP contribution in [0.25, 0.3) is 10.2 Å². The lowest BCUT2D eigenvalue weighted by Crippen LogP contribution is -2.37. The molecule has 1 aliphatic rings. The van der Waals surface area contributed by atoms with Crippen LogP contribution in [0.1, 0.15) is 18.4 Å². The van der Waals surface area contributed by atoms with Crippen molar-refractivity contribution >= 4 is 36.7 Å². The van der Waals surface area contributed by atoms with Gasteiger partial charge in [0.15, 0.2) is 5.13 Å². The molecule has 1 fully saturated rings. The van der Waals surface area contributed by atoms with Gasteiger partial charge in [0, 0.05) is 12.6 Å². The van der Waals surface area contributed by atoms with E-state index < -0.39 is 21.8 Å². The molecular formula is C13H14F3N3O2S2. The molecule has 0 saturated carbocycles. The lowest BCUT2D eigenvalue weighted by molar-refractivity contribution is -0.137. The summed E-state index contributed by atoms with van der Waals surface area (Å²) >= 11 is 1.26. The molecule has 1 unspecified atom stereocenters. The summed E-state index contributed by atoms with van der Waals surface area (Å²) in [4.78, 5) is 6.08. The molecular weight excluding hydrogens is 351 g/mol. The first kappa shape index (κ1) is 16.5. The maximum atomic E-state index is 12.8. The quantitative estimate of drug-likeness (QED) is 0.907. The second-order valence-electron chi connectivity index (χ2n) is 5.50. The number of hydrogen-bond donors (Lipinski definition) is 1. The molecule has 0 bridgehead atoms. The number of hydrogen-bond acceptors (Lipinski definition) is 5. The Morgan fingerprint density at radius 3 is 2.78 bits per heavy atom. The van der Waals surface area contributed by atoms with E-state index >= 15 is 0 Å². The van der Waals surface area contributed by atoms with Gasteiger partial charge in [0.05, 0.1) is 21.5 Å². The summed E-state index contributed by atoms with van der Waals surface area (Å²) in [5, 5.41) is 5.63. The Bertz CT molecular complexity index is 833. The molecule has 2 aromatic rings. The molecule has 1 atom stereocenters. The van der Waals surface area contributed by atoms with Crippen LogP contribution in [0.4, 0.5) is 18.3 Å². The Morgan fingerprint density at radius 2 is 2.13 bits per heavy atom. The van der Waals surface area contributed by atoms with Gasteiger partial charge in [0.2, 0.25) is 10.0 Å². The average Bonchev–Trinajstić information content (AvgIpc) is 3.00. The summed E-state index contributed by atoms with van der Waals surface area (Å²) in [6.07, 6.45) is -2.95. The van der Waals surface area contributed by atoms with Gasteiger partial charge in [-0.2, -0.15) is 13.2 Å². The molecule has 3 rings (SSSR count). The van der Waals surface area contributed by atoms with Crippen molar-refractivity contribution in [2.75, 3.05) is 17.2 Å². The molecule has 0 aliphatic carbocycles. The molecule has 1 aliphatic heterocycles. The second-order valence-corrected chi connectivity index (χ2v) is 8.16. The van der Waals surface area contributed by atoms with Crippen molar-refractivity contribution in [1.82, 2.24) is 4.98 Å². The van der Waals surface area contributed by atoms with E-state index in [1.165, 1.54) is 17.4 Å². The van der Waals surface area contributed by atoms with E-state index in [0.717, 1.165) is 18.6 Å². The topological polar surface area (TPSA) is 76.3 Å². The summed E-state index contributed by atoms with van der Waals surface area (Å²) in [6.45, 7) is 0.617. The van der Waals surface area contributed by atoms with Crippen LogP contribution in [-0.4, -0.2) is 31.7 Å². The number of fused-ring (bicyclic) bond motifs is 1. The molecule has 1 saturated heterocycles. The number of anilines is 1. The molecule has 2 N–H and O–H groups in total. The fourth-order valence-electron chi connectivity index (χ4n) is 2.74. The lowest BCUT2D eigenvalue weighted by Gasteiger charge is -2.22. The minimum Gasteiger partial charge on any atom is -0.344 e. The zero-order valence-electron chi connectivity index (χ0n) is 11.9. The van der Waals surface area contributed by atoms with Gasteiger partial charge >= 0.3 is 6.18 Å². The SMILES string of the molecule is NS(=O)(=O)CC1CCCN1c1nc2cc(C(F)(F)F)ccc2s1. The predicted octanol–water partition coefficient (Wildman–Crippen LogP) is 2.57. The van der Waals surface area contributed by atoms with Crippen LogP contribution in [0.15, 0.2) is 18.2 Å². The number of thiazole rings is 1. The number of primary sulfonamides is 1. The molecule has 0 spiro atoms. The summed E-state index contributed by atoms with van der Waals surface area (Å²) < 4.78 is 61.5. The zero-order valence-corrected chi connectivity index (χ0v) is 13.5. The third-order valence-corrected chi connectivity index (χ3v) is 5.67. The van der Waals surface area contributed by atoms with E-state index in [0.29, 0.717) is 22.8 Å². The fraction of sp³-hybridized carbons (Fsp3) is 0.462. The van der Waals surface area contributed by atoms with E-state index in [9.17, 15) is 21.6 Å². The van der Waals surface area contributed by atoms with Gasteiger partial charge in [-0.25, -0.2) is 18.5 Å². The normalized spacial score (nSPS) is 19.7. The number of aromatic nitrogens is 1. The van der Waals surface area contributed by atoms with Crippen LogP contribution in [0, 0.1) is 0 Å². The highest BCUT2D eigenvalue weighted by Crippen LogP contribution is 2.37. The van der Waals surface area contributed by atoms with Gasteiger partial charge in [-0.05, 0) is 31.0 Å². The van der Waals surface area contributed by atoms with Crippen molar-refractivity contribution in [2.24, 2.45) is 5.14 Å². The van der Waals surface area contributed by atoms with Crippen molar-refractivity contribution < 1.29 is 21.6 Å². The fourth-order valence-corrected chi connectivity index (χ4v) is 4.67. The molecule has 0 radical (unpaired) electrons. The molecule has 23 heavy (non-hydrogen) atoms. The number of alkyl halides is 3. The second kappa shape index (κ2) is 5.60. The molecule has 1 aromatic carbocycles. The van der Waals surface area contributed by atoms with Crippen LogP contribution < -0.4 is 10.0 Å². The maximum absolute atomic E-state index is 12.8. The van der Waals surface area contributed by atoms with E-state index in [1.54, 1.807) is 0 Å². The smallest absolute Gasteiger partial charge is 0.344 e. The number of benzene rings is 1. The molecule has 126 valence electrons. The zero-order chi connectivity index (χ0) is 16.8. The van der Waals surface area contributed by atoms with Gasteiger partial charge in [-0.15, -0.1) is 0 Å². The molecule has 0 amide bonds. The number of nitrogens with two attached hydrogens (primary N) is 1. The molecule has 1 aromatic heterocycles. The van der Waals surface area contributed by atoms with Crippen molar-refractivity contribution in [1.29, 1.82) is 0 Å². The maximum Gasteiger partial charge on any atom is 0.416 e. The van der Waals surface area contributed by atoms with Crippen molar-refractivity contribution in [3.8, 4) is 0 Å². The largest absolute Gasteiger partial charge is 0.416 e. The third kappa shape index (κ3) is 3.59. The first-order valence-electron chi connectivity index (χ1n) is 6.88. The molecule has 5 nitrogen and oxygen atoms in total. The summed E-state index contributed by atoms with van der Waals surface area (Å²) in [7, 11) is -3.62. The third-order valence-electron chi connectivity index (χ3n) is 3.75. The summed E-state index contributed by atoms with van der Waals surface area (Å²) in [6, 6.07) is 3.15. The van der Waals surface area contributed by atoms with Crippen LogP contribution in [0.5, 0.6) is 0 Å². The highest BCUT2D eigenvalue weighted by atomic mass is 32.2. The first-order valence-corrected chi connectivity index (χ1v) is 9.41. The standard InChI is InChI=1S/C13H14F3N3O2S2/c14-13(15,16)8-3-4-11-10(6-8)18-12(22-11)19-5-1-2-9(19)7-23(17,20)21/h3-4,6,9H,1-2,5,7H2,(H2,17,20,21). The summed E-state index contributed by atoms with van der Waals surface area (Å²) in [5.74, 6) is -0.184. The first-order chi connectivity index (χ1) is 10.6. The Labute approximate surface area is 135 Å². The minimum absolute atomic E-state index is 0.184. The Kier molecular flexibility index (Phi) is 4.01. The Morgan fingerprint density at radius 1 is 1.39 bits per heavy atom. The van der Waals surface area contributed by atoms with Crippen molar-refractivity contribution in [2.45, 2.75) is 25.1 Å². The average molecular weight is 365 g/mol. The van der Waals surface area contributed by atoms with E-state index in [4.69, 9.17) is 5.14 Å². The van der Waals surface area contributed by atoms with Crippen LogP contribution >= 0.6 is 11.3 Å². The summed E-state index contributed by atoms with van der Waals surface area (Å²) in [5.41, 5.74) is -0.481. The van der Waals surface area contributed by atoms with Crippen LogP contribution in [0.3, 0.4) is 0 Å². The van der Waals surface area contributed by atoms with E-state index in [1.807, 2.05) is 4.90 Å². The van der Waals surface area contributed by atoms with E-state index in [2.05, 4.69) is 4.98 Å². The van der Waals surface area contributed by atoms with Gasteiger partial charge in [0.1, 0.15) is 0 Å². The predicted molar refractivity (Wildman–Crippen MR) is 83.0 cm³/mol. The number of sulfonamides is 1. The van der Waals surface area contributed by atoms with Crippen molar-refractivity contribution in [3.05, 3.63) is 23.8 Å². The molecule has 10 heteroatoms. The molecule has 2 heterocycles. The Hall–Kier alpha value is -1.39. The minimum atomic E-state index is -4.41. The van der Waals surface area contributed by atoms with Gasteiger partial charge in [-0.3, -0.25) is 0 Å². The highest BCUT2D eigenvalue weighted by Gasteiger charge is 2.32.